The Labute approximate surface area is 166 Å². The fourth-order valence-electron chi connectivity index (χ4n) is 3.05. The molecule has 0 saturated carbocycles. The summed E-state index contributed by atoms with van der Waals surface area (Å²) in [6, 6.07) is 11.4. The maximum atomic E-state index is 12.3. The van der Waals surface area contributed by atoms with Crippen molar-refractivity contribution in [3.8, 4) is 22.9 Å². The lowest BCUT2D eigenvalue weighted by Gasteiger charge is -2.14. The van der Waals surface area contributed by atoms with Gasteiger partial charge >= 0.3 is 5.69 Å². The summed E-state index contributed by atoms with van der Waals surface area (Å²) in [5.74, 6) is 1.72. The molecule has 9 nitrogen and oxygen atoms in total. The molecule has 0 atom stereocenters. The number of hydrogen-bond acceptors (Lipinski definition) is 7. The molecule has 29 heavy (non-hydrogen) atoms. The van der Waals surface area contributed by atoms with Gasteiger partial charge in [0.2, 0.25) is 11.8 Å². The van der Waals surface area contributed by atoms with Gasteiger partial charge in [-0.3, -0.25) is 0 Å². The van der Waals surface area contributed by atoms with E-state index in [1.165, 1.54) is 9.36 Å². The fraction of sp³-hybridized carbons (Fsp3) is 0.250. The third kappa shape index (κ3) is 3.54. The van der Waals surface area contributed by atoms with Crippen LogP contribution in [0.1, 0.15) is 22.6 Å². The Bertz CT molecular complexity index is 1240. The summed E-state index contributed by atoms with van der Waals surface area (Å²) in [5.41, 5.74) is 3.97. The zero-order valence-corrected chi connectivity index (χ0v) is 16.6. The van der Waals surface area contributed by atoms with E-state index in [0.717, 1.165) is 28.0 Å². The number of tetrazole rings is 1. The molecule has 4 rings (SSSR count). The van der Waals surface area contributed by atoms with E-state index >= 15 is 0 Å². The van der Waals surface area contributed by atoms with Crippen LogP contribution in [0.25, 0.3) is 17.1 Å². The Balaban J connectivity index is 1.61. The minimum atomic E-state index is -0.313. The first-order valence-electron chi connectivity index (χ1n) is 9.06. The van der Waals surface area contributed by atoms with Crippen LogP contribution in [-0.4, -0.2) is 30.0 Å². The molecule has 0 fully saturated rings. The van der Waals surface area contributed by atoms with Gasteiger partial charge in [0.15, 0.2) is 0 Å². The fourth-order valence-corrected chi connectivity index (χ4v) is 3.05. The van der Waals surface area contributed by atoms with Gasteiger partial charge in [0.25, 0.3) is 0 Å². The number of ether oxygens (including phenoxy) is 1. The Morgan fingerprint density at radius 3 is 2.52 bits per heavy atom. The molecule has 2 aromatic carbocycles. The molecule has 0 aliphatic carbocycles. The van der Waals surface area contributed by atoms with Crippen LogP contribution in [0.4, 0.5) is 0 Å². The first-order chi connectivity index (χ1) is 13.9. The highest BCUT2D eigenvalue weighted by Gasteiger charge is 2.14. The highest BCUT2D eigenvalue weighted by Crippen LogP contribution is 2.27. The minimum absolute atomic E-state index is 0.283. The molecule has 0 amide bonds. The molecule has 0 aliphatic rings. The lowest BCUT2D eigenvalue weighted by molar-refractivity contribution is 0.302. The number of aryl methyl sites for hydroxylation is 4. The summed E-state index contributed by atoms with van der Waals surface area (Å²) < 4.78 is 14.0. The molecule has 0 aliphatic heterocycles. The van der Waals surface area contributed by atoms with Gasteiger partial charge in [-0.1, -0.05) is 12.1 Å². The van der Waals surface area contributed by atoms with Crippen molar-refractivity contribution in [1.82, 2.24) is 30.0 Å². The number of hydrogen-bond donors (Lipinski definition) is 0. The molecular weight excluding hydrogens is 372 g/mol. The summed E-state index contributed by atoms with van der Waals surface area (Å²) in [6.07, 6.45) is 0. The average Bonchev–Trinajstić information content (AvgIpc) is 3.27. The Hall–Kier alpha value is -3.75. The molecule has 0 saturated heterocycles. The number of nitrogens with zero attached hydrogens (tertiary/aromatic N) is 6. The Kier molecular flexibility index (Phi) is 4.71. The molecule has 0 radical (unpaired) electrons. The lowest BCUT2D eigenvalue weighted by Crippen LogP contribution is -2.23. The summed E-state index contributed by atoms with van der Waals surface area (Å²) in [7, 11) is 1.56. The van der Waals surface area contributed by atoms with Crippen molar-refractivity contribution >= 4 is 0 Å². The van der Waals surface area contributed by atoms with E-state index in [9.17, 15) is 4.79 Å². The molecule has 2 heterocycles. The third-order valence-electron chi connectivity index (χ3n) is 4.66. The third-order valence-corrected chi connectivity index (χ3v) is 4.66. The monoisotopic (exact) mass is 392 g/mol. The van der Waals surface area contributed by atoms with Crippen LogP contribution in [0.5, 0.6) is 5.75 Å². The molecule has 2 aromatic heterocycles. The van der Waals surface area contributed by atoms with Gasteiger partial charge in [0, 0.05) is 25.1 Å². The maximum absolute atomic E-state index is 12.3. The van der Waals surface area contributed by atoms with Crippen LogP contribution in [0.15, 0.2) is 45.6 Å². The molecular formula is C20H20N6O3. The van der Waals surface area contributed by atoms with E-state index < -0.39 is 0 Å². The topological polar surface area (TPSA) is 101 Å². The second-order valence-corrected chi connectivity index (χ2v) is 6.76. The highest BCUT2D eigenvalue weighted by molar-refractivity contribution is 5.57. The van der Waals surface area contributed by atoms with E-state index in [1.807, 2.05) is 50.2 Å². The van der Waals surface area contributed by atoms with E-state index in [0.29, 0.717) is 17.5 Å². The van der Waals surface area contributed by atoms with Crippen molar-refractivity contribution in [2.24, 2.45) is 7.05 Å². The van der Waals surface area contributed by atoms with Crippen molar-refractivity contribution in [1.29, 1.82) is 0 Å². The Morgan fingerprint density at radius 1 is 1.03 bits per heavy atom. The van der Waals surface area contributed by atoms with E-state index in [-0.39, 0.29) is 12.3 Å². The molecule has 148 valence electrons. The van der Waals surface area contributed by atoms with E-state index in [4.69, 9.17) is 9.15 Å². The summed E-state index contributed by atoms with van der Waals surface area (Å²) in [5, 5.41) is 15.6. The van der Waals surface area contributed by atoms with Crippen molar-refractivity contribution in [2.75, 3.05) is 0 Å². The van der Waals surface area contributed by atoms with E-state index in [2.05, 4.69) is 20.6 Å². The molecule has 0 N–H and O–H groups in total. The standard InChI is InChI=1S/C20H20N6O3/c1-12-6-5-7-17(26-20(27)25(4)23-24-26)16(12)11-28-18-9-8-15(10-13(18)2)19-22-21-14(3)29-19/h5-10H,11H2,1-4H3. The van der Waals surface area contributed by atoms with Gasteiger partial charge in [0.1, 0.15) is 12.4 Å². The summed E-state index contributed by atoms with van der Waals surface area (Å²) in [4.78, 5) is 12.3. The van der Waals surface area contributed by atoms with Gasteiger partial charge in [-0.15, -0.1) is 10.2 Å². The van der Waals surface area contributed by atoms with Crippen LogP contribution >= 0.6 is 0 Å². The lowest BCUT2D eigenvalue weighted by atomic mass is 10.1. The zero-order valence-electron chi connectivity index (χ0n) is 16.6. The minimum Gasteiger partial charge on any atom is -0.489 e. The number of benzene rings is 2. The van der Waals surface area contributed by atoms with Crippen LogP contribution in [-0.2, 0) is 13.7 Å². The van der Waals surface area contributed by atoms with Crippen LogP contribution in [0, 0.1) is 20.8 Å². The molecule has 0 spiro atoms. The van der Waals surface area contributed by atoms with E-state index in [1.54, 1.807) is 14.0 Å². The summed E-state index contributed by atoms with van der Waals surface area (Å²) in [6.45, 7) is 5.96. The quantitative estimate of drug-likeness (QED) is 0.514. The second-order valence-electron chi connectivity index (χ2n) is 6.76. The van der Waals surface area contributed by atoms with Crippen LogP contribution < -0.4 is 10.4 Å². The Morgan fingerprint density at radius 2 is 1.86 bits per heavy atom. The molecule has 0 bridgehead atoms. The van der Waals surface area contributed by atoms with Gasteiger partial charge in [-0.2, -0.15) is 9.36 Å². The maximum Gasteiger partial charge on any atom is 0.368 e. The van der Waals surface area contributed by atoms with Crippen LogP contribution in [0.3, 0.4) is 0 Å². The molecule has 9 heteroatoms. The van der Waals surface area contributed by atoms with Crippen molar-refractivity contribution < 1.29 is 9.15 Å². The highest BCUT2D eigenvalue weighted by atomic mass is 16.5. The van der Waals surface area contributed by atoms with Crippen molar-refractivity contribution in [3.63, 3.8) is 0 Å². The average molecular weight is 392 g/mol. The van der Waals surface area contributed by atoms with Crippen molar-refractivity contribution in [3.05, 3.63) is 69.5 Å². The van der Waals surface area contributed by atoms with Crippen LogP contribution in [0.2, 0.25) is 0 Å². The molecule has 4 aromatic rings. The SMILES string of the molecule is Cc1nnc(-c2ccc(OCc3c(C)cccc3-n3nnn(C)c3=O)c(C)c2)o1. The predicted octanol–water partition coefficient (Wildman–Crippen LogP) is 2.52. The van der Waals surface area contributed by atoms with Crippen molar-refractivity contribution in [2.45, 2.75) is 27.4 Å². The number of aromatic nitrogens is 6. The first-order valence-corrected chi connectivity index (χ1v) is 9.06. The normalized spacial score (nSPS) is 11.0. The zero-order chi connectivity index (χ0) is 20.5. The van der Waals surface area contributed by atoms with Gasteiger partial charge in [-0.05, 0) is 59.7 Å². The predicted molar refractivity (Wildman–Crippen MR) is 105 cm³/mol. The van der Waals surface area contributed by atoms with Gasteiger partial charge < -0.3 is 9.15 Å². The summed E-state index contributed by atoms with van der Waals surface area (Å²) >= 11 is 0. The van der Waals surface area contributed by atoms with Gasteiger partial charge in [0.05, 0.1) is 5.69 Å². The number of rotatable bonds is 5. The molecule has 0 unspecified atom stereocenters. The first kappa shape index (κ1) is 18.6. The largest absolute Gasteiger partial charge is 0.489 e. The second kappa shape index (κ2) is 7.34. The smallest absolute Gasteiger partial charge is 0.368 e. The van der Waals surface area contributed by atoms with Gasteiger partial charge in [-0.25, -0.2) is 4.79 Å².